The number of ether oxygens (including phenoxy) is 1. The Bertz CT molecular complexity index is 630. The van der Waals surface area contributed by atoms with Gasteiger partial charge in [0.25, 0.3) is 0 Å². The highest BCUT2D eigenvalue weighted by Crippen LogP contribution is 2.35. The van der Waals surface area contributed by atoms with E-state index in [1.165, 1.54) is 22.5 Å². The van der Waals surface area contributed by atoms with Crippen LogP contribution in [0.15, 0.2) is 18.2 Å². The van der Waals surface area contributed by atoms with Gasteiger partial charge in [0.2, 0.25) is 0 Å². The van der Waals surface area contributed by atoms with E-state index in [2.05, 4.69) is 4.98 Å². The molecule has 0 aliphatic rings. The van der Waals surface area contributed by atoms with Crippen molar-refractivity contribution in [1.82, 2.24) is 4.98 Å². The first-order chi connectivity index (χ1) is 10.7. The van der Waals surface area contributed by atoms with Crippen molar-refractivity contribution in [1.29, 1.82) is 5.41 Å². The molecule has 0 saturated carbocycles. The molecule has 0 aromatic carbocycles. The molecule has 0 bridgehead atoms. The molecule has 1 N–H and O–H groups in total. The Morgan fingerprint density at radius 1 is 1.48 bits per heavy atom. The number of hydrogen-bond acceptors (Lipinski definition) is 5. The fourth-order valence-electron chi connectivity index (χ4n) is 1.46. The second-order valence-electron chi connectivity index (χ2n) is 6.08. The number of amides is 1. The van der Waals surface area contributed by atoms with Gasteiger partial charge in [-0.15, -0.1) is 0 Å². The summed E-state index contributed by atoms with van der Waals surface area (Å²) in [5.41, 5.74) is 0.513. The molecule has 7 heteroatoms. The van der Waals surface area contributed by atoms with Gasteiger partial charge in [-0.05, 0) is 12.3 Å². The third kappa shape index (κ3) is 5.80. The predicted molar refractivity (Wildman–Crippen MR) is 97.9 cm³/mol. The number of nitrogens with zero attached hydrogens (tertiary/aromatic N) is 2. The second kappa shape index (κ2) is 8.26. The number of carbonyl (C=O) groups excluding carboxylic acids is 1. The molecular formula is C16H22ClN3O2S. The molecule has 23 heavy (non-hydrogen) atoms. The van der Waals surface area contributed by atoms with Crippen LogP contribution in [0.25, 0.3) is 5.57 Å². The Kier molecular flexibility index (Phi) is 6.97. The van der Waals surface area contributed by atoms with Crippen molar-refractivity contribution in [2.45, 2.75) is 27.7 Å². The lowest BCUT2D eigenvalue weighted by atomic mass is 9.99. The van der Waals surface area contributed by atoms with Gasteiger partial charge in [0.15, 0.2) is 5.15 Å². The van der Waals surface area contributed by atoms with E-state index in [0.717, 1.165) is 0 Å². The standard InChI is InChI=1S/C16H22ClN3O2S/c1-6-7-8-11(9-18)13-19-12(17)14(23-13)20(5)15(21)22-10-16(2,3)4/h6-9,18H,10H2,1-5H3/b7-6-,11-8+,18-9?. The largest absolute Gasteiger partial charge is 0.449 e. The minimum absolute atomic E-state index is 0.109. The van der Waals surface area contributed by atoms with Crippen molar-refractivity contribution in [2.24, 2.45) is 5.41 Å². The lowest BCUT2D eigenvalue weighted by molar-refractivity contribution is 0.113. The lowest BCUT2D eigenvalue weighted by Crippen LogP contribution is -2.29. The normalized spacial score (nSPS) is 12.5. The monoisotopic (exact) mass is 355 g/mol. The van der Waals surface area contributed by atoms with Crippen LogP contribution in [0.5, 0.6) is 0 Å². The summed E-state index contributed by atoms with van der Waals surface area (Å²) in [6.07, 6.45) is 6.17. The fourth-order valence-corrected chi connectivity index (χ4v) is 2.75. The van der Waals surface area contributed by atoms with Gasteiger partial charge in [-0.3, -0.25) is 4.90 Å². The summed E-state index contributed by atoms with van der Waals surface area (Å²) < 4.78 is 5.28. The van der Waals surface area contributed by atoms with E-state index in [1.807, 2.05) is 39.8 Å². The third-order valence-electron chi connectivity index (χ3n) is 2.65. The van der Waals surface area contributed by atoms with Crippen molar-refractivity contribution in [3.8, 4) is 0 Å². The summed E-state index contributed by atoms with van der Waals surface area (Å²) in [5.74, 6) is 0. The molecule has 0 spiro atoms. The summed E-state index contributed by atoms with van der Waals surface area (Å²) in [7, 11) is 1.59. The van der Waals surface area contributed by atoms with Crippen molar-refractivity contribution in [2.75, 3.05) is 18.6 Å². The van der Waals surface area contributed by atoms with Gasteiger partial charge in [-0.1, -0.05) is 61.9 Å². The van der Waals surface area contributed by atoms with Crippen LogP contribution in [-0.2, 0) is 4.74 Å². The highest BCUT2D eigenvalue weighted by molar-refractivity contribution is 7.17. The van der Waals surface area contributed by atoms with E-state index in [4.69, 9.17) is 21.7 Å². The van der Waals surface area contributed by atoms with Gasteiger partial charge in [-0.25, -0.2) is 9.78 Å². The Balaban J connectivity index is 2.97. The molecule has 1 aromatic heterocycles. The summed E-state index contributed by atoms with van der Waals surface area (Å²) in [6.45, 7) is 8.16. The molecule has 0 saturated heterocycles. The molecule has 1 heterocycles. The Morgan fingerprint density at radius 3 is 2.65 bits per heavy atom. The molecular weight excluding hydrogens is 334 g/mol. The van der Waals surface area contributed by atoms with Gasteiger partial charge < -0.3 is 10.1 Å². The summed E-state index contributed by atoms with van der Waals surface area (Å²) >= 11 is 7.38. The minimum atomic E-state index is -0.481. The zero-order valence-corrected chi connectivity index (χ0v) is 15.6. The number of hydrogen-bond donors (Lipinski definition) is 1. The first kappa shape index (κ1) is 19.4. The molecule has 126 valence electrons. The maximum atomic E-state index is 12.1. The maximum absolute atomic E-state index is 12.1. The van der Waals surface area contributed by atoms with Crippen LogP contribution in [0.2, 0.25) is 5.15 Å². The van der Waals surface area contributed by atoms with E-state index >= 15 is 0 Å². The first-order valence-corrected chi connectivity index (χ1v) is 8.29. The molecule has 0 aliphatic carbocycles. The second-order valence-corrected chi connectivity index (χ2v) is 7.42. The van der Waals surface area contributed by atoms with Crippen molar-refractivity contribution in [3.05, 3.63) is 28.4 Å². The molecule has 0 fully saturated rings. The summed E-state index contributed by atoms with van der Waals surface area (Å²) in [6, 6.07) is 0. The predicted octanol–water partition coefficient (Wildman–Crippen LogP) is 5.02. The molecule has 0 atom stereocenters. The highest BCUT2D eigenvalue weighted by Gasteiger charge is 2.22. The van der Waals surface area contributed by atoms with E-state index in [-0.39, 0.29) is 10.6 Å². The molecule has 0 aliphatic heterocycles. The topological polar surface area (TPSA) is 66.3 Å². The van der Waals surface area contributed by atoms with Crippen LogP contribution in [0.1, 0.15) is 32.7 Å². The minimum Gasteiger partial charge on any atom is -0.449 e. The van der Waals surface area contributed by atoms with Crippen molar-refractivity contribution in [3.63, 3.8) is 0 Å². The molecule has 0 unspecified atom stereocenters. The fraction of sp³-hybridized carbons (Fsp3) is 0.438. The third-order valence-corrected chi connectivity index (χ3v) is 4.20. The number of allylic oxidation sites excluding steroid dienone is 4. The quantitative estimate of drug-likeness (QED) is 0.595. The van der Waals surface area contributed by atoms with Crippen LogP contribution in [-0.4, -0.2) is 30.9 Å². The number of aromatic nitrogens is 1. The zero-order valence-electron chi connectivity index (χ0n) is 14.0. The molecule has 0 radical (unpaired) electrons. The van der Waals surface area contributed by atoms with Gasteiger partial charge in [0.1, 0.15) is 10.0 Å². The number of rotatable bonds is 5. The van der Waals surface area contributed by atoms with Crippen LogP contribution in [0.3, 0.4) is 0 Å². The number of thiazole rings is 1. The number of carbonyl (C=O) groups is 1. The van der Waals surface area contributed by atoms with Gasteiger partial charge in [-0.2, -0.15) is 0 Å². The maximum Gasteiger partial charge on any atom is 0.414 e. The summed E-state index contributed by atoms with van der Waals surface area (Å²) in [5, 5.41) is 8.76. The highest BCUT2D eigenvalue weighted by atomic mass is 35.5. The first-order valence-electron chi connectivity index (χ1n) is 7.10. The average molecular weight is 356 g/mol. The van der Waals surface area contributed by atoms with Crippen LogP contribution in [0.4, 0.5) is 9.80 Å². The molecule has 5 nitrogen and oxygen atoms in total. The molecule has 1 aromatic rings. The number of nitrogens with one attached hydrogen (secondary N) is 1. The van der Waals surface area contributed by atoms with E-state index < -0.39 is 6.09 Å². The van der Waals surface area contributed by atoms with Crippen LogP contribution >= 0.6 is 22.9 Å². The van der Waals surface area contributed by atoms with Crippen LogP contribution in [0, 0.1) is 10.8 Å². The number of anilines is 1. The SMILES string of the molecule is C/C=C\C=C(/C=N)c1nc(Cl)c(N(C)C(=O)OCC(C)(C)C)s1. The Hall–Kier alpha value is -1.66. The Morgan fingerprint density at radius 2 is 2.13 bits per heavy atom. The molecule has 1 amide bonds. The van der Waals surface area contributed by atoms with Gasteiger partial charge in [0.05, 0.1) is 6.61 Å². The molecule has 1 rings (SSSR count). The zero-order chi connectivity index (χ0) is 17.6. The van der Waals surface area contributed by atoms with Gasteiger partial charge >= 0.3 is 6.09 Å². The number of halogens is 1. The lowest BCUT2D eigenvalue weighted by Gasteiger charge is -2.21. The van der Waals surface area contributed by atoms with Crippen molar-refractivity contribution < 1.29 is 9.53 Å². The Labute approximate surface area is 146 Å². The van der Waals surface area contributed by atoms with E-state index in [0.29, 0.717) is 22.2 Å². The van der Waals surface area contributed by atoms with Crippen LogP contribution < -0.4 is 4.90 Å². The van der Waals surface area contributed by atoms with E-state index in [1.54, 1.807) is 13.1 Å². The van der Waals surface area contributed by atoms with Gasteiger partial charge in [0, 0.05) is 18.8 Å². The van der Waals surface area contributed by atoms with Crippen molar-refractivity contribution >= 4 is 45.8 Å². The average Bonchev–Trinajstić information content (AvgIpc) is 2.86. The smallest absolute Gasteiger partial charge is 0.414 e. The summed E-state index contributed by atoms with van der Waals surface area (Å²) in [4.78, 5) is 17.7. The van der Waals surface area contributed by atoms with E-state index in [9.17, 15) is 4.79 Å².